The number of carboxylic acid groups (broad SMARTS) is 1. The maximum Gasteiger partial charge on any atom is 0.490 e. The maximum absolute atomic E-state index is 10.6. The SMILES string of the molecule is NC1CCN(Cc2cccc(-c3ccc(CN4CCNCC4)cc3)c2)CC1.O=C(O)C(F)(F)F. The number of halogens is 3. The Kier molecular flexibility index (Phi) is 9.46. The average molecular weight is 479 g/mol. The van der Waals surface area contributed by atoms with Crippen LogP contribution in [-0.2, 0) is 17.9 Å². The molecule has 0 radical (unpaired) electrons. The molecule has 2 aromatic rings. The van der Waals surface area contributed by atoms with E-state index < -0.39 is 12.1 Å². The van der Waals surface area contributed by atoms with Crippen molar-refractivity contribution in [2.24, 2.45) is 5.73 Å². The molecule has 4 N–H and O–H groups in total. The highest BCUT2D eigenvalue weighted by atomic mass is 19.4. The van der Waals surface area contributed by atoms with E-state index in [2.05, 4.69) is 63.6 Å². The van der Waals surface area contributed by atoms with E-state index in [4.69, 9.17) is 15.6 Å². The number of likely N-dealkylation sites (tertiary alicyclic amines) is 1. The van der Waals surface area contributed by atoms with Crippen molar-refractivity contribution < 1.29 is 23.1 Å². The van der Waals surface area contributed by atoms with Crippen LogP contribution in [0, 0.1) is 0 Å². The number of nitrogens with two attached hydrogens (primary N) is 1. The van der Waals surface area contributed by atoms with Crippen LogP contribution in [0.1, 0.15) is 24.0 Å². The zero-order valence-electron chi connectivity index (χ0n) is 19.2. The van der Waals surface area contributed by atoms with Crippen LogP contribution in [-0.4, -0.2) is 72.4 Å². The standard InChI is InChI=1S/C23H32N4.C2HF3O2/c24-23-8-12-26(13-9-23)18-20-2-1-3-22(16-20)21-6-4-19(5-7-21)17-27-14-10-25-11-15-27;3-2(4,5)1(6)7/h1-7,16,23,25H,8-15,17-18,24H2;(H,6,7). The van der Waals surface area contributed by atoms with Gasteiger partial charge in [0, 0.05) is 45.3 Å². The van der Waals surface area contributed by atoms with E-state index in [1.54, 1.807) is 0 Å². The molecule has 6 nitrogen and oxygen atoms in total. The number of rotatable bonds is 5. The lowest BCUT2D eigenvalue weighted by Gasteiger charge is -2.30. The predicted octanol–water partition coefficient (Wildman–Crippen LogP) is 3.32. The summed E-state index contributed by atoms with van der Waals surface area (Å²) >= 11 is 0. The van der Waals surface area contributed by atoms with Gasteiger partial charge < -0.3 is 16.2 Å². The zero-order valence-corrected chi connectivity index (χ0v) is 19.2. The fraction of sp³-hybridized carbons (Fsp3) is 0.480. The summed E-state index contributed by atoms with van der Waals surface area (Å²) in [4.78, 5) is 13.9. The Morgan fingerprint density at radius 1 is 0.912 bits per heavy atom. The number of carboxylic acids is 1. The lowest BCUT2D eigenvalue weighted by atomic mass is 10.0. The molecule has 186 valence electrons. The summed E-state index contributed by atoms with van der Waals surface area (Å²) in [6.07, 6.45) is -2.84. The van der Waals surface area contributed by atoms with Crippen molar-refractivity contribution in [1.82, 2.24) is 15.1 Å². The van der Waals surface area contributed by atoms with Gasteiger partial charge in [0.25, 0.3) is 0 Å². The van der Waals surface area contributed by atoms with Gasteiger partial charge in [-0.05, 0) is 54.3 Å². The lowest BCUT2D eigenvalue weighted by Crippen LogP contribution is -2.42. The largest absolute Gasteiger partial charge is 0.490 e. The van der Waals surface area contributed by atoms with Crippen molar-refractivity contribution in [3.8, 4) is 11.1 Å². The second kappa shape index (κ2) is 12.3. The van der Waals surface area contributed by atoms with Gasteiger partial charge in [-0.3, -0.25) is 9.80 Å². The average Bonchev–Trinajstić information content (AvgIpc) is 2.82. The van der Waals surface area contributed by atoms with E-state index in [0.717, 1.165) is 65.2 Å². The van der Waals surface area contributed by atoms with Gasteiger partial charge in [-0.2, -0.15) is 13.2 Å². The van der Waals surface area contributed by atoms with E-state index in [9.17, 15) is 13.2 Å². The minimum Gasteiger partial charge on any atom is -0.475 e. The molecule has 2 heterocycles. The summed E-state index contributed by atoms with van der Waals surface area (Å²) < 4.78 is 31.7. The number of hydrogen-bond donors (Lipinski definition) is 3. The van der Waals surface area contributed by atoms with Crippen molar-refractivity contribution in [3.63, 3.8) is 0 Å². The topological polar surface area (TPSA) is 81.8 Å². The first-order valence-electron chi connectivity index (χ1n) is 11.6. The van der Waals surface area contributed by atoms with E-state index in [-0.39, 0.29) is 0 Å². The van der Waals surface area contributed by atoms with Crippen molar-refractivity contribution in [1.29, 1.82) is 0 Å². The Bertz CT molecular complexity index is 907. The van der Waals surface area contributed by atoms with E-state index in [0.29, 0.717) is 6.04 Å². The quantitative estimate of drug-likeness (QED) is 0.612. The molecule has 0 aromatic heterocycles. The highest BCUT2D eigenvalue weighted by Crippen LogP contribution is 2.23. The number of carbonyl (C=O) groups is 1. The molecule has 0 bridgehead atoms. The summed E-state index contributed by atoms with van der Waals surface area (Å²) in [7, 11) is 0. The molecule has 2 aliphatic rings. The number of alkyl halides is 3. The molecule has 2 aromatic carbocycles. The second-order valence-corrected chi connectivity index (χ2v) is 8.84. The lowest BCUT2D eigenvalue weighted by molar-refractivity contribution is -0.192. The predicted molar refractivity (Wildman–Crippen MR) is 126 cm³/mol. The molecule has 4 rings (SSSR count). The molecule has 0 unspecified atom stereocenters. The first-order chi connectivity index (χ1) is 16.2. The Hall–Kier alpha value is -2.46. The smallest absolute Gasteiger partial charge is 0.475 e. The molecular weight excluding hydrogens is 445 g/mol. The maximum atomic E-state index is 10.6. The summed E-state index contributed by atoms with van der Waals surface area (Å²) in [5.41, 5.74) is 11.5. The second-order valence-electron chi connectivity index (χ2n) is 8.84. The van der Waals surface area contributed by atoms with Gasteiger partial charge in [0.2, 0.25) is 0 Å². The Labute approximate surface area is 198 Å². The number of benzene rings is 2. The monoisotopic (exact) mass is 478 g/mol. The third-order valence-corrected chi connectivity index (χ3v) is 6.11. The van der Waals surface area contributed by atoms with E-state index >= 15 is 0 Å². The first kappa shape index (κ1) is 26.2. The zero-order chi connectivity index (χ0) is 24.6. The van der Waals surface area contributed by atoms with Crippen LogP contribution in [0.5, 0.6) is 0 Å². The summed E-state index contributed by atoms with van der Waals surface area (Å²) in [5, 5.41) is 10.5. The minimum atomic E-state index is -5.08. The van der Waals surface area contributed by atoms with Crippen LogP contribution in [0.25, 0.3) is 11.1 Å². The van der Waals surface area contributed by atoms with Crippen molar-refractivity contribution in [2.45, 2.75) is 38.1 Å². The number of piperidine rings is 1. The van der Waals surface area contributed by atoms with Gasteiger partial charge >= 0.3 is 12.1 Å². The van der Waals surface area contributed by atoms with E-state index in [1.807, 2.05) is 0 Å². The number of hydrogen-bond acceptors (Lipinski definition) is 5. The number of piperazine rings is 1. The molecule has 0 amide bonds. The molecule has 2 saturated heterocycles. The molecule has 0 atom stereocenters. The van der Waals surface area contributed by atoms with Crippen molar-refractivity contribution in [2.75, 3.05) is 39.3 Å². The molecule has 0 saturated carbocycles. The molecule has 2 aliphatic heterocycles. The normalized spacial score (nSPS) is 18.2. The molecule has 2 fully saturated rings. The van der Waals surface area contributed by atoms with Gasteiger partial charge in [0.05, 0.1) is 0 Å². The summed E-state index contributed by atoms with van der Waals surface area (Å²) in [5.74, 6) is -2.76. The van der Waals surface area contributed by atoms with Gasteiger partial charge in [-0.15, -0.1) is 0 Å². The molecule has 9 heteroatoms. The summed E-state index contributed by atoms with van der Waals surface area (Å²) in [6, 6.07) is 18.5. The number of aliphatic carboxylic acids is 1. The van der Waals surface area contributed by atoms with Crippen LogP contribution < -0.4 is 11.1 Å². The number of nitrogens with zero attached hydrogens (tertiary/aromatic N) is 2. The fourth-order valence-electron chi connectivity index (χ4n) is 4.15. The minimum absolute atomic E-state index is 0.396. The number of nitrogens with one attached hydrogen (secondary N) is 1. The van der Waals surface area contributed by atoms with E-state index in [1.165, 1.54) is 22.3 Å². The Morgan fingerprint density at radius 3 is 2.06 bits per heavy atom. The molecule has 0 aliphatic carbocycles. The van der Waals surface area contributed by atoms with Crippen molar-refractivity contribution in [3.05, 3.63) is 59.7 Å². The summed E-state index contributed by atoms with van der Waals surface area (Å²) in [6.45, 7) is 8.82. The highest BCUT2D eigenvalue weighted by molar-refractivity contribution is 5.73. The highest BCUT2D eigenvalue weighted by Gasteiger charge is 2.38. The fourth-order valence-corrected chi connectivity index (χ4v) is 4.15. The van der Waals surface area contributed by atoms with Crippen LogP contribution in [0.15, 0.2) is 48.5 Å². The van der Waals surface area contributed by atoms with Crippen LogP contribution in [0.2, 0.25) is 0 Å². The van der Waals surface area contributed by atoms with Gasteiger partial charge in [-0.1, -0.05) is 42.5 Å². The Balaban J connectivity index is 0.000000406. The molecule has 34 heavy (non-hydrogen) atoms. The van der Waals surface area contributed by atoms with Crippen LogP contribution in [0.4, 0.5) is 13.2 Å². The van der Waals surface area contributed by atoms with Gasteiger partial charge in [0.15, 0.2) is 0 Å². The van der Waals surface area contributed by atoms with Crippen LogP contribution in [0.3, 0.4) is 0 Å². The molecular formula is C25H33F3N4O2. The Morgan fingerprint density at radius 2 is 1.47 bits per heavy atom. The third-order valence-electron chi connectivity index (χ3n) is 6.11. The molecule has 0 spiro atoms. The van der Waals surface area contributed by atoms with Crippen molar-refractivity contribution >= 4 is 5.97 Å². The third kappa shape index (κ3) is 8.39. The van der Waals surface area contributed by atoms with Gasteiger partial charge in [0.1, 0.15) is 0 Å². The van der Waals surface area contributed by atoms with Crippen LogP contribution >= 0.6 is 0 Å². The first-order valence-corrected chi connectivity index (χ1v) is 11.6. The van der Waals surface area contributed by atoms with Gasteiger partial charge in [-0.25, -0.2) is 4.79 Å².